The van der Waals surface area contributed by atoms with Crippen LogP contribution in [-0.2, 0) is 9.53 Å². The van der Waals surface area contributed by atoms with Gasteiger partial charge in [-0.1, -0.05) is 0 Å². The van der Waals surface area contributed by atoms with Crippen LogP contribution in [0, 0.1) is 18.3 Å². The van der Waals surface area contributed by atoms with Crippen LogP contribution in [0.1, 0.15) is 11.3 Å². The smallest absolute Gasteiger partial charge is 0.264 e. The number of carbonyl (C=O) groups is 1. The van der Waals surface area contributed by atoms with E-state index in [0.29, 0.717) is 26.3 Å². The van der Waals surface area contributed by atoms with Gasteiger partial charge in [-0.05, 0) is 48.9 Å². The zero-order valence-corrected chi connectivity index (χ0v) is 14.9. The third kappa shape index (κ3) is 3.79. The molecule has 0 saturated carbocycles. The molecule has 0 N–H and O–H groups in total. The van der Waals surface area contributed by atoms with Crippen LogP contribution >= 0.6 is 0 Å². The second-order valence-corrected chi connectivity index (χ2v) is 6.06. The maximum absolute atomic E-state index is 12.5. The lowest BCUT2D eigenvalue weighted by Gasteiger charge is -2.26. The normalized spacial score (nSPS) is 14.8. The summed E-state index contributed by atoms with van der Waals surface area (Å²) in [6.07, 6.45) is 3.56. The maximum Gasteiger partial charge on any atom is 0.264 e. The van der Waals surface area contributed by atoms with E-state index in [2.05, 4.69) is 0 Å². The van der Waals surface area contributed by atoms with Crippen LogP contribution in [0.4, 0.5) is 0 Å². The van der Waals surface area contributed by atoms with Crippen molar-refractivity contribution in [2.24, 2.45) is 0 Å². The number of aryl methyl sites for hydroxylation is 1. The van der Waals surface area contributed by atoms with Crippen molar-refractivity contribution < 1.29 is 14.3 Å². The predicted octanol–water partition coefficient (Wildman–Crippen LogP) is 2.56. The molecule has 0 radical (unpaired) electrons. The van der Waals surface area contributed by atoms with E-state index in [1.807, 2.05) is 54.1 Å². The van der Waals surface area contributed by atoms with Crippen LogP contribution < -0.4 is 4.74 Å². The highest BCUT2D eigenvalue weighted by Gasteiger charge is 2.20. The topological polar surface area (TPSA) is 67.5 Å². The van der Waals surface area contributed by atoms with Gasteiger partial charge >= 0.3 is 0 Å². The number of morpholine rings is 1. The minimum atomic E-state index is -0.245. The van der Waals surface area contributed by atoms with Crippen LogP contribution in [0.2, 0.25) is 0 Å². The second kappa shape index (κ2) is 7.89. The van der Waals surface area contributed by atoms with Gasteiger partial charge in [0.1, 0.15) is 17.4 Å². The van der Waals surface area contributed by atoms with E-state index in [9.17, 15) is 10.1 Å². The Morgan fingerprint density at radius 2 is 1.96 bits per heavy atom. The van der Waals surface area contributed by atoms with E-state index in [1.165, 1.54) is 0 Å². The summed E-state index contributed by atoms with van der Waals surface area (Å²) < 4.78 is 12.5. The lowest BCUT2D eigenvalue weighted by Crippen LogP contribution is -2.41. The minimum absolute atomic E-state index is 0.138. The quantitative estimate of drug-likeness (QED) is 0.627. The monoisotopic (exact) mass is 351 g/mol. The molecule has 0 bridgehead atoms. The van der Waals surface area contributed by atoms with Gasteiger partial charge in [-0.3, -0.25) is 4.79 Å². The molecule has 0 spiro atoms. The van der Waals surface area contributed by atoms with Gasteiger partial charge in [0.25, 0.3) is 5.91 Å². The van der Waals surface area contributed by atoms with Gasteiger partial charge in [0.05, 0.1) is 20.3 Å². The number of nitriles is 1. The summed E-state index contributed by atoms with van der Waals surface area (Å²) >= 11 is 0. The molecule has 3 rings (SSSR count). The van der Waals surface area contributed by atoms with Crippen LogP contribution in [0.3, 0.4) is 0 Å². The number of hydrogen-bond donors (Lipinski definition) is 0. The third-order valence-electron chi connectivity index (χ3n) is 4.34. The van der Waals surface area contributed by atoms with Gasteiger partial charge in [0, 0.05) is 30.7 Å². The van der Waals surface area contributed by atoms with Gasteiger partial charge in [-0.25, -0.2) is 0 Å². The first kappa shape index (κ1) is 17.8. The number of ether oxygens (including phenoxy) is 2. The summed E-state index contributed by atoms with van der Waals surface area (Å²) in [7, 11) is 1.63. The number of nitrogens with zero attached hydrogens (tertiary/aromatic N) is 3. The fourth-order valence-corrected chi connectivity index (χ4v) is 2.94. The number of amides is 1. The van der Waals surface area contributed by atoms with Crippen molar-refractivity contribution in [3.63, 3.8) is 0 Å². The molecule has 134 valence electrons. The van der Waals surface area contributed by atoms with Gasteiger partial charge in [0.2, 0.25) is 0 Å². The first-order valence-corrected chi connectivity index (χ1v) is 8.44. The summed E-state index contributed by atoms with van der Waals surface area (Å²) in [5.41, 5.74) is 2.95. The van der Waals surface area contributed by atoms with E-state index in [0.717, 1.165) is 22.7 Å². The molecular weight excluding hydrogens is 330 g/mol. The van der Waals surface area contributed by atoms with Crippen LogP contribution in [0.5, 0.6) is 5.75 Å². The van der Waals surface area contributed by atoms with Crippen LogP contribution in [-0.4, -0.2) is 48.8 Å². The molecule has 0 unspecified atom stereocenters. The number of carbonyl (C=O) groups excluding carboxylic acids is 1. The first-order chi connectivity index (χ1) is 12.6. The molecule has 1 fully saturated rings. The van der Waals surface area contributed by atoms with Crippen LogP contribution in [0.25, 0.3) is 11.8 Å². The Kier molecular flexibility index (Phi) is 5.40. The average Bonchev–Trinajstić information content (AvgIpc) is 3.06. The summed E-state index contributed by atoms with van der Waals surface area (Å²) in [5.74, 6) is 0.548. The summed E-state index contributed by atoms with van der Waals surface area (Å²) in [6.45, 7) is 4.04. The summed E-state index contributed by atoms with van der Waals surface area (Å²) in [5, 5.41) is 9.42. The van der Waals surface area contributed by atoms with Crippen molar-refractivity contribution in [1.29, 1.82) is 5.26 Å². The van der Waals surface area contributed by atoms with Gasteiger partial charge in [-0.15, -0.1) is 0 Å². The Balaban J connectivity index is 1.85. The van der Waals surface area contributed by atoms with Gasteiger partial charge in [-0.2, -0.15) is 5.26 Å². The molecule has 1 amide bonds. The lowest BCUT2D eigenvalue weighted by molar-refractivity contribution is -0.130. The standard InChI is InChI=1S/C20H21N3O3/c1-15-11-16(14-23(15)18-3-5-19(25-2)6-4-18)12-17(13-21)20(24)22-7-9-26-10-8-22/h3-6,11-12,14H,7-10H2,1-2H3/b17-12+. The molecule has 6 heteroatoms. The molecule has 1 saturated heterocycles. The number of aromatic nitrogens is 1. The van der Waals surface area contributed by atoms with Gasteiger partial charge < -0.3 is 18.9 Å². The largest absolute Gasteiger partial charge is 0.497 e. The molecule has 2 aromatic rings. The molecule has 2 heterocycles. The van der Waals surface area contributed by atoms with Gasteiger partial charge in [0.15, 0.2) is 0 Å². The van der Waals surface area contributed by atoms with E-state index >= 15 is 0 Å². The molecule has 26 heavy (non-hydrogen) atoms. The van der Waals surface area contributed by atoms with E-state index in [1.54, 1.807) is 18.1 Å². The van der Waals surface area contributed by atoms with Crippen molar-refractivity contribution in [1.82, 2.24) is 9.47 Å². The molecular formula is C20H21N3O3. The number of methoxy groups -OCH3 is 1. The first-order valence-electron chi connectivity index (χ1n) is 8.44. The van der Waals surface area contributed by atoms with Crippen molar-refractivity contribution in [2.75, 3.05) is 33.4 Å². The Morgan fingerprint density at radius 3 is 2.58 bits per heavy atom. The van der Waals surface area contributed by atoms with E-state index in [4.69, 9.17) is 9.47 Å². The molecule has 1 aromatic carbocycles. The second-order valence-electron chi connectivity index (χ2n) is 6.06. The van der Waals surface area contributed by atoms with Crippen molar-refractivity contribution in [3.8, 4) is 17.5 Å². The Morgan fingerprint density at radius 1 is 1.27 bits per heavy atom. The molecule has 1 aliphatic heterocycles. The molecule has 0 atom stereocenters. The van der Waals surface area contributed by atoms with Crippen molar-refractivity contribution in [2.45, 2.75) is 6.92 Å². The number of benzene rings is 1. The maximum atomic E-state index is 12.5. The highest BCUT2D eigenvalue weighted by atomic mass is 16.5. The SMILES string of the molecule is COc1ccc(-n2cc(/C=C(\C#N)C(=O)N3CCOCC3)cc2C)cc1. The molecule has 6 nitrogen and oxygen atoms in total. The number of rotatable bonds is 4. The zero-order chi connectivity index (χ0) is 18.5. The molecule has 1 aliphatic rings. The highest BCUT2D eigenvalue weighted by molar-refractivity contribution is 6.01. The third-order valence-corrected chi connectivity index (χ3v) is 4.34. The minimum Gasteiger partial charge on any atom is -0.497 e. The van der Waals surface area contributed by atoms with E-state index in [-0.39, 0.29) is 11.5 Å². The predicted molar refractivity (Wildman–Crippen MR) is 98.0 cm³/mol. The zero-order valence-electron chi connectivity index (χ0n) is 14.9. The Labute approximate surface area is 152 Å². The van der Waals surface area contributed by atoms with Crippen molar-refractivity contribution in [3.05, 3.63) is 53.4 Å². The number of hydrogen-bond acceptors (Lipinski definition) is 4. The molecule has 0 aliphatic carbocycles. The van der Waals surface area contributed by atoms with Crippen molar-refractivity contribution >= 4 is 12.0 Å². The fraction of sp³-hybridized carbons (Fsp3) is 0.300. The Bertz CT molecular complexity index is 853. The Hall–Kier alpha value is -3.04. The van der Waals surface area contributed by atoms with E-state index < -0.39 is 0 Å². The fourth-order valence-electron chi connectivity index (χ4n) is 2.94. The molecule has 1 aromatic heterocycles. The average molecular weight is 351 g/mol. The summed E-state index contributed by atoms with van der Waals surface area (Å²) in [4.78, 5) is 14.2. The lowest BCUT2D eigenvalue weighted by atomic mass is 10.1. The highest BCUT2D eigenvalue weighted by Crippen LogP contribution is 2.20. The summed E-state index contributed by atoms with van der Waals surface area (Å²) in [6, 6.07) is 11.7. The van der Waals surface area contributed by atoms with Crippen LogP contribution in [0.15, 0.2) is 42.1 Å².